The summed E-state index contributed by atoms with van der Waals surface area (Å²) in [6.45, 7) is 1.54. The van der Waals surface area contributed by atoms with E-state index in [0.29, 0.717) is 27.1 Å². The standard InChI is InChI=1S/C22H15ClN4O4/c1-13-11-15(9-10-19(13)27(30)31)21(28)25-26-20(14-5-4-6-16(23)12-14)24-18-8-3-2-7-17(18)22(26)29/h2-12H,1H3,(H,25,28). The first-order valence-electron chi connectivity index (χ1n) is 9.19. The Morgan fingerprint density at radius 2 is 1.87 bits per heavy atom. The summed E-state index contributed by atoms with van der Waals surface area (Å²) in [5, 5.41) is 11.8. The second-order valence-electron chi connectivity index (χ2n) is 6.80. The highest BCUT2D eigenvalue weighted by Crippen LogP contribution is 2.22. The Morgan fingerprint density at radius 3 is 2.58 bits per heavy atom. The largest absolute Gasteiger partial charge is 0.280 e. The molecule has 1 amide bonds. The van der Waals surface area contributed by atoms with Gasteiger partial charge in [-0.2, -0.15) is 4.68 Å². The van der Waals surface area contributed by atoms with Crippen LogP contribution in [0.1, 0.15) is 15.9 Å². The van der Waals surface area contributed by atoms with Crippen molar-refractivity contribution in [1.29, 1.82) is 0 Å². The third-order valence-corrected chi connectivity index (χ3v) is 4.96. The first-order valence-corrected chi connectivity index (χ1v) is 9.57. The van der Waals surface area contributed by atoms with E-state index in [1.165, 1.54) is 25.1 Å². The summed E-state index contributed by atoms with van der Waals surface area (Å²) in [4.78, 5) is 41.1. The summed E-state index contributed by atoms with van der Waals surface area (Å²) in [5.74, 6) is -0.404. The zero-order valence-corrected chi connectivity index (χ0v) is 17.0. The minimum absolute atomic E-state index is 0.0966. The number of amides is 1. The molecule has 0 spiro atoms. The number of nitrogens with zero attached hydrogens (tertiary/aromatic N) is 3. The molecule has 0 aliphatic heterocycles. The van der Waals surface area contributed by atoms with Gasteiger partial charge in [0.1, 0.15) is 0 Å². The van der Waals surface area contributed by atoms with E-state index in [-0.39, 0.29) is 17.1 Å². The van der Waals surface area contributed by atoms with Crippen molar-refractivity contribution in [2.75, 3.05) is 5.43 Å². The summed E-state index contributed by atoms with van der Waals surface area (Å²) in [6, 6.07) is 17.5. The average Bonchev–Trinajstić information content (AvgIpc) is 2.75. The highest BCUT2D eigenvalue weighted by Gasteiger charge is 2.18. The molecule has 1 N–H and O–H groups in total. The summed E-state index contributed by atoms with van der Waals surface area (Å²) in [7, 11) is 0. The first kappa shape index (κ1) is 20.2. The van der Waals surface area contributed by atoms with Crippen LogP contribution < -0.4 is 11.0 Å². The van der Waals surface area contributed by atoms with E-state index in [2.05, 4.69) is 10.4 Å². The molecule has 0 aliphatic rings. The third kappa shape index (κ3) is 3.88. The van der Waals surface area contributed by atoms with E-state index in [1.54, 1.807) is 48.5 Å². The molecule has 1 aromatic heterocycles. The van der Waals surface area contributed by atoms with Gasteiger partial charge in [0.15, 0.2) is 5.82 Å². The summed E-state index contributed by atoms with van der Waals surface area (Å²) < 4.78 is 1.06. The van der Waals surface area contributed by atoms with Gasteiger partial charge in [0.2, 0.25) is 0 Å². The maximum absolute atomic E-state index is 13.2. The van der Waals surface area contributed by atoms with E-state index in [1.807, 2.05) is 0 Å². The Kier molecular flexibility index (Phi) is 5.22. The number of carbonyl (C=O) groups excluding carboxylic acids is 1. The van der Waals surface area contributed by atoms with Crippen molar-refractivity contribution in [3.8, 4) is 11.4 Å². The van der Waals surface area contributed by atoms with Gasteiger partial charge in [-0.1, -0.05) is 35.9 Å². The van der Waals surface area contributed by atoms with Gasteiger partial charge in [-0.05, 0) is 43.3 Å². The van der Waals surface area contributed by atoms with Crippen molar-refractivity contribution in [3.63, 3.8) is 0 Å². The number of fused-ring (bicyclic) bond motifs is 1. The van der Waals surface area contributed by atoms with E-state index < -0.39 is 16.4 Å². The van der Waals surface area contributed by atoms with E-state index in [0.717, 1.165) is 4.68 Å². The molecule has 0 bridgehead atoms. The Labute approximate surface area is 180 Å². The Morgan fingerprint density at radius 1 is 1.10 bits per heavy atom. The highest BCUT2D eigenvalue weighted by molar-refractivity contribution is 6.30. The van der Waals surface area contributed by atoms with Gasteiger partial charge in [-0.25, -0.2) is 4.98 Å². The van der Waals surface area contributed by atoms with Crippen molar-refractivity contribution in [2.24, 2.45) is 0 Å². The van der Waals surface area contributed by atoms with Crippen LogP contribution in [0, 0.1) is 17.0 Å². The smallest absolute Gasteiger partial charge is 0.267 e. The Hall–Kier alpha value is -4.04. The molecule has 0 saturated heterocycles. The summed E-state index contributed by atoms with van der Waals surface area (Å²) in [6.07, 6.45) is 0. The fraction of sp³-hybridized carbons (Fsp3) is 0.0455. The zero-order chi connectivity index (χ0) is 22.1. The number of carbonyl (C=O) groups is 1. The van der Waals surface area contributed by atoms with Gasteiger partial charge in [-0.15, -0.1) is 0 Å². The Bertz CT molecular complexity index is 1410. The average molecular weight is 435 g/mol. The van der Waals surface area contributed by atoms with Gasteiger partial charge < -0.3 is 0 Å². The Balaban J connectivity index is 1.84. The lowest BCUT2D eigenvalue weighted by Gasteiger charge is -2.15. The predicted octanol–water partition coefficient (Wildman–Crippen LogP) is 4.32. The number of nitro benzene ring substituents is 1. The van der Waals surface area contributed by atoms with Crippen molar-refractivity contribution < 1.29 is 9.72 Å². The molecule has 8 nitrogen and oxygen atoms in total. The third-order valence-electron chi connectivity index (χ3n) is 4.73. The number of hydrogen-bond donors (Lipinski definition) is 1. The van der Waals surface area contributed by atoms with Crippen molar-refractivity contribution in [2.45, 2.75) is 6.92 Å². The number of para-hydroxylation sites is 1. The number of hydrogen-bond acceptors (Lipinski definition) is 5. The lowest BCUT2D eigenvalue weighted by Crippen LogP contribution is -2.35. The van der Waals surface area contributed by atoms with Crippen LogP contribution in [0.25, 0.3) is 22.3 Å². The minimum Gasteiger partial charge on any atom is -0.267 e. The fourth-order valence-corrected chi connectivity index (χ4v) is 3.42. The van der Waals surface area contributed by atoms with Crippen LogP contribution in [-0.4, -0.2) is 20.5 Å². The number of nitro groups is 1. The number of aromatic nitrogens is 2. The van der Waals surface area contributed by atoms with Gasteiger partial charge in [0.05, 0.1) is 15.8 Å². The molecule has 4 rings (SSSR count). The van der Waals surface area contributed by atoms with E-state index in [4.69, 9.17) is 11.6 Å². The van der Waals surface area contributed by atoms with Crippen LogP contribution >= 0.6 is 11.6 Å². The molecule has 0 unspecified atom stereocenters. The molecule has 1 heterocycles. The van der Waals surface area contributed by atoms with E-state index >= 15 is 0 Å². The van der Waals surface area contributed by atoms with Crippen LogP contribution in [0.2, 0.25) is 5.02 Å². The van der Waals surface area contributed by atoms with Crippen molar-refractivity contribution in [1.82, 2.24) is 9.66 Å². The first-order chi connectivity index (χ1) is 14.8. The molecular weight excluding hydrogens is 420 g/mol. The molecule has 4 aromatic rings. The van der Waals surface area contributed by atoms with Crippen molar-refractivity contribution in [3.05, 3.63) is 103 Å². The SMILES string of the molecule is Cc1cc(C(=O)Nn2c(-c3cccc(Cl)c3)nc3ccccc3c2=O)ccc1[N+](=O)[O-]. The molecule has 0 saturated carbocycles. The molecule has 0 atom stereocenters. The number of rotatable bonds is 4. The van der Waals surface area contributed by atoms with Crippen LogP contribution in [0.15, 0.2) is 71.5 Å². The normalized spacial score (nSPS) is 10.8. The molecule has 0 aliphatic carbocycles. The monoisotopic (exact) mass is 434 g/mol. The predicted molar refractivity (Wildman–Crippen MR) is 118 cm³/mol. The summed E-state index contributed by atoms with van der Waals surface area (Å²) in [5.41, 5.74) is 3.52. The zero-order valence-electron chi connectivity index (χ0n) is 16.2. The van der Waals surface area contributed by atoms with Crippen LogP contribution in [0.5, 0.6) is 0 Å². The molecule has 3 aromatic carbocycles. The lowest BCUT2D eigenvalue weighted by atomic mass is 10.1. The summed E-state index contributed by atoms with van der Waals surface area (Å²) >= 11 is 6.11. The highest BCUT2D eigenvalue weighted by atomic mass is 35.5. The number of halogens is 1. The molecule has 31 heavy (non-hydrogen) atoms. The number of nitrogens with one attached hydrogen (secondary N) is 1. The van der Waals surface area contributed by atoms with Crippen LogP contribution in [0.3, 0.4) is 0 Å². The molecule has 9 heteroatoms. The van der Waals surface area contributed by atoms with Crippen LogP contribution in [-0.2, 0) is 0 Å². The number of benzene rings is 3. The van der Waals surface area contributed by atoms with Gasteiger partial charge in [0.25, 0.3) is 17.2 Å². The van der Waals surface area contributed by atoms with Gasteiger partial charge in [0, 0.05) is 27.8 Å². The van der Waals surface area contributed by atoms with Crippen LogP contribution in [0.4, 0.5) is 5.69 Å². The van der Waals surface area contributed by atoms with E-state index in [9.17, 15) is 19.7 Å². The van der Waals surface area contributed by atoms with Gasteiger partial charge >= 0.3 is 0 Å². The number of aryl methyl sites for hydroxylation is 1. The minimum atomic E-state index is -0.611. The quantitative estimate of drug-likeness (QED) is 0.380. The van der Waals surface area contributed by atoms with Crippen molar-refractivity contribution >= 4 is 34.1 Å². The molecule has 0 radical (unpaired) electrons. The second-order valence-corrected chi connectivity index (χ2v) is 7.24. The molecule has 0 fully saturated rings. The maximum atomic E-state index is 13.2. The van der Waals surface area contributed by atoms with Gasteiger partial charge in [-0.3, -0.25) is 25.1 Å². The second kappa shape index (κ2) is 8.00. The lowest BCUT2D eigenvalue weighted by molar-refractivity contribution is -0.385. The topological polar surface area (TPSA) is 107 Å². The molecule has 154 valence electrons. The fourth-order valence-electron chi connectivity index (χ4n) is 3.23. The molecular formula is C22H15ClN4O4. The maximum Gasteiger partial charge on any atom is 0.280 e.